The van der Waals surface area contributed by atoms with E-state index in [0.717, 1.165) is 13.1 Å². The van der Waals surface area contributed by atoms with Crippen molar-refractivity contribution in [3.05, 3.63) is 0 Å². The van der Waals surface area contributed by atoms with Crippen molar-refractivity contribution in [1.29, 1.82) is 0 Å². The number of nitrogens with zero attached hydrogens (tertiary/aromatic N) is 1. The molecule has 1 nitrogen and oxygen atoms in total. The summed E-state index contributed by atoms with van der Waals surface area (Å²) in [7, 11) is 0. The molecule has 0 spiro atoms. The van der Waals surface area contributed by atoms with Crippen molar-refractivity contribution >= 4 is 29.4 Å². The number of hydrogen-bond acceptors (Lipinski definition) is 0. The maximum absolute atomic E-state index is 5.50. The van der Waals surface area contributed by atoms with Gasteiger partial charge in [0, 0.05) is 0 Å². The zero-order valence-corrected chi connectivity index (χ0v) is 7.28. The molecule has 3 heteroatoms. The highest BCUT2D eigenvalue weighted by Gasteiger charge is 2.00. The molecule has 0 aromatic heterocycles. The lowest BCUT2D eigenvalue weighted by Gasteiger charge is -1.94. The topological polar surface area (TPSA) is 3.01 Å². The van der Waals surface area contributed by atoms with Gasteiger partial charge < -0.3 is 0 Å². The van der Waals surface area contributed by atoms with Crippen molar-refractivity contribution in [1.82, 2.24) is 0 Å². The summed E-state index contributed by atoms with van der Waals surface area (Å²) in [5.41, 5.74) is 0. The van der Waals surface area contributed by atoms with Crippen LogP contribution < -0.4 is 0 Å². The average Bonchev–Trinajstić information content (AvgIpc) is 1.82. The van der Waals surface area contributed by atoms with E-state index in [1.165, 1.54) is 0 Å². The van der Waals surface area contributed by atoms with Crippen LogP contribution in [0.1, 0.15) is 13.8 Å². The Bertz CT molecular complexity index is 93.2. The van der Waals surface area contributed by atoms with Crippen molar-refractivity contribution in [2.75, 3.05) is 13.1 Å². The second kappa shape index (κ2) is 5.07. The first-order valence-electron chi connectivity index (χ1n) is 3.07. The van der Waals surface area contributed by atoms with Crippen LogP contribution >= 0.6 is 23.2 Å². The van der Waals surface area contributed by atoms with Gasteiger partial charge in [0.1, 0.15) is 13.1 Å². The minimum atomic E-state index is -0.370. The molecule has 9 heavy (non-hydrogen) atoms. The Morgan fingerprint density at radius 1 is 1.33 bits per heavy atom. The summed E-state index contributed by atoms with van der Waals surface area (Å²) in [6.45, 7) is 6.06. The van der Waals surface area contributed by atoms with Crippen LogP contribution in [-0.4, -0.2) is 28.7 Å². The van der Waals surface area contributed by atoms with E-state index in [2.05, 4.69) is 18.4 Å². The largest absolute Gasteiger partial charge is 0.238 e. The van der Waals surface area contributed by atoms with Gasteiger partial charge in [0.2, 0.25) is 0 Å². The first-order chi connectivity index (χ1) is 4.20. The molecule has 0 saturated heterocycles. The molecule has 0 fully saturated rings. The summed E-state index contributed by atoms with van der Waals surface area (Å²) >= 11 is 11.0. The Balaban J connectivity index is 3.75. The van der Waals surface area contributed by atoms with Gasteiger partial charge in [0.05, 0.1) is 0 Å². The second-order valence-electron chi connectivity index (χ2n) is 1.70. The monoisotopic (exact) mass is 168 g/mol. The molecular formula is C6H12Cl2N+. The molecule has 0 bridgehead atoms. The SMILES string of the molecule is CC[N+](=CC(Cl)Cl)CC. The standard InChI is InChI=1S/C6H12Cl2N/c1-3-9(4-2)5-6(7)8/h5-6H,3-4H2,1-2H3/q+1. The first kappa shape index (κ1) is 9.25. The van der Waals surface area contributed by atoms with Gasteiger partial charge in [0.15, 0.2) is 11.1 Å². The Morgan fingerprint density at radius 3 is 1.89 bits per heavy atom. The summed E-state index contributed by atoms with van der Waals surface area (Å²) in [5, 5.41) is 0. The summed E-state index contributed by atoms with van der Waals surface area (Å²) in [4.78, 5) is -0.370. The van der Waals surface area contributed by atoms with E-state index < -0.39 is 0 Å². The molecule has 0 amide bonds. The van der Waals surface area contributed by atoms with Gasteiger partial charge in [-0.3, -0.25) is 0 Å². The van der Waals surface area contributed by atoms with Gasteiger partial charge in [-0.1, -0.05) is 23.2 Å². The van der Waals surface area contributed by atoms with Gasteiger partial charge in [-0.2, -0.15) is 0 Å². The molecule has 0 rings (SSSR count). The van der Waals surface area contributed by atoms with E-state index >= 15 is 0 Å². The van der Waals surface area contributed by atoms with Crippen molar-refractivity contribution in [2.45, 2.75) is 18.7 Å². The normalized spacial score (nSPS) is 9.89. The number of rotatable bonds is 3. The van der Waals surface area contributed by atoms with Gasteiger partial charge in [-0.15, -0.1) is 0 Å². The number of hydrogen-bond donors (Lipinski definition) is 0. The molecule has 0 N–H and O–H groups in total. The van der Waals surface area contributed by atoms with E-state index in [1.54, 1.807) is 0 Å². The van der Waals surface area contributed by atoms with E-state index in [9.17, 15) is 0 Å². The third kappa shape index (κ3) is 4.73. The van der Waals surface area contributed by atoms with Gasteiger partial charge >= 0.3 is 0 Å². The fraction of sp³-hybridized carbons (Fsp3) is 0.833. The summed E-state index contributed by atoms with van der Waals surface area (Å²) in [6.07, 6.45) is 1.81. The highest BCUT2D eigenvalue weighted by molar-refractivity contribution is 6.51. The van der Waals surface area contributed by atoms with Crippen molar-refractivity contribution in [3.63, 3.8) is 0 Å². The molecule has 0 atom stereocenters. The highest BCUT2D eigenvalue weighted by Crippen LogP contribution is 1.95. The third-order valence-corrected chi connectivity index (χ3v) is 1.36. The molecule has 0 unspecified atom stereocenters. The molecule has 0 aromatic rings. The van der Waals surface area contributed by atoms with Gasteiger partial charge in [-0.25, -0.2) is 4.58 Å². The van der Waals surface area contributed by atoms with E-state index in [1.807, 2.05) is 6.21 Å². The number of alkyl halides is 2. The van der Waals surface area contributed by atoms with Crippen molar-refractivity contribution in [3.8, 4) is 0 Å². The van der Waals surface area contributed by atoms with E-state index in [4.69, 9.17) is 23.2 Å². The van der Waals surface area contributed by atoms with E-state index in [-0.39, 0.29) is 4.84 Å². The predicted molar refractivity (Wildman–Crippen MR) is 42.9 cm³/mol. The van der Waals surface area contributed by atoms with Crippen LogP contribution in [0.3, 0.4) is 0 Å². The summed E-state index contributed by atoms with van der Waals surface area (Å²) in [5.74, 6) is 0. The smallest absolute Gasteiger partial charge is 0.183 e. The Labute approximate surface area is 66.3 Å². The fourth-order valence-electron chi connectivity index (χ4n) is 0.594. The van der Waals surface area contributed by atoms with Crippen LogP contribution in [0, 0.1) is 0 Å². The molecule has 0 aliphatic rings. The van der Waals surface area contributed by atoms with E-state index in [0.29, 0.717) is 0 Å². The Hall–Kier alpha value is 0.250. The zero-order chi connectivity index (χ0) is 7.28. The third-order valence-electron chi connectivity index (χ3n) is 1.14. The molecule has 54 valence electrons. The van der Waals surface area contributed by atoms with Crippen molar-refractivity contribution in [2.24, 2.45) is 0 Å². The molecule has 0 saturated carbocycles. The first-order valence-corrected chi connectivity index (χ1v) is 3.95. The highest BCUT2D eigenvalue weighted by atomic mass is 35.5. The minimum absolute atomic E-state index is 0.370. The zero-order valence-electron chi connectivity index (χ0n) is 5.77. The van der Waals surface area contributed by atoms with Crippen LogP contribution in [0.4, 0.5) is 0 Å². The van der Waals surface area contributed by atoms with Crippen LogP contribution in [0.2, 0.25) is 0 Å². The minimum Gasteiger partial charge on any atom is -0.238 e. The molecule has 0 aromatic carbocycles. The maximum Gasteiger partial charge on any atom is 0.183 e. The lowest BCUT2D eigenvalue weighted by atomic mass is 10.6. The van der Waals surface area contributed by atoms with Crippen LogP contribution in [0.25, 0.3) is 0 Å². The molecular weight excluding hydrogens is 157 g/mol. The van der Waals surface area contributed by atoms with Crippen LogP contribution in [0.15, 0.2) is 0 Å². The second-order valence-corrected chi connectivity index (χ2v) is 2.87. The molecule has 0 heterocycles. The van der Waals surface area contributed by atoms with Crippen LogP contribution in [0.5, 0.6) is 0 Å². The molecule has 0 radical (unpaired) electrons. The lowest BCUT2D eigenvalue weighted by Crippen LogP contribution is -2.14. The quantitative estimate of drug-likeness (QED) is 0.345. The Morgan fingerprint density at radius 2 is 1.78 bits per heavy atom. The predicted octanol–water partition coefficient (Wildman–Crippen LogP) is 1.91. The van der Waals surface area contributed by atoms with Gasteiger partial charge in [0.25, 0.3) is 0 Å². The van der Waals surface area contributed by atoms with Crippen LogP contribution in [-0.2, 0) is 0 Å². The molecule has 0 aliphatic heterocycles. The summed E-state index contributed by atoms with van der Waals surface area (Å²) in [6, 6.07) is 0. The van der Waals surface area contributed by atoms with Crippen molar-refractivity contribution < 1.29 is 4.58 Å². The molecule has 0 aliphatic carbocycles. The average molecular weight is 169 g/mol. The Kier molecular flexibility index (Phi) is 5.21. The lowest BCUT2D eigenvalue weighted by molar-refractivity contribution is -0.516. The maximum atomic E-state index is 5.50. The summed E-state index contributed by atoms with van der Waals surface area (Å²) < 4.78 is 2.06. The number of halogens is 2. The fourth-order valence-corrected chi connectivity index (χ4v) is 0.913. The van der Waals surface area contributed by atoms with Gasteiger partial charge in [-0.05, 0) is 13.8 Å².